The minimum Gasteiger partial charge on any atom is -0.591 e. The van der Waals surface area contributed by atoms with Crippen LogP contribution in [0.25, 0.3) is 0 Å². The van der Waals surface area contributed by atoms with Crippen molar-refractivity contribution in [2.75, 3.05) is 0 Å². The fraction of sp³-hybridized carbons (Fsp3) is 0.571. The molecule has 0 bridgehead atoms. The van der Waals surface area contributed by atoms with Crippen molar-refractivity contribution >= 4 is 44.6 Å². The lowest BCUT2D eigenvalue weighted by Gasteiger charge is -2.19. The summed E-state index contributed by atoms with van der Waals surface area (Å²) in [6, 6.07) is 1.78. The van der Waals surface area contributed by atoms with Gasteiger partial charge in [-0.2, -0.15) is 0 Å². The number of hydrogen-bond donors (Lipinski definition) is 0. The first-order valence-corrected chi connectivity index (χ1v) is 8.80. The Morgan fingerprint density at radius 1 is 1.50 bits per heavy atom. The molecule has 0 saturated carbocycles. The van der Waals surface area contributed by atoms with E-state index >= 15 is 0 Å². The molecular formula is C14H20BrClN2OS. The zero-order chi connectivity index (χ0) is 15.3. The molecule has 112 valence electrons. The quantitative estimate of drug-likeness (QED) is 0.421. The van der Waals surface area contributed by atoms with E-state index in [1.807, 2.05) is 27.7 Å². The van der Waals surface area contributed by atoms with E-state index in [2.05, 4.69) is 25.3 Å². The SMILES string of the molecule is CCC(CCc1cnc(Cl)cc1Br)=N[S+]([O-])C(C)(C)C. The van der Waals surface area contributed by atoms with Gasteiger partial charge in [-0.05, 0) is 51.7 Å². The number of aromatic nitrogens is 1. The van der Waals surface area contributed by atoms with Gasteiger partial charge < -0.3 is 4.55 Å². The zero-order valence-corrected chi connectivity index (χ0v) is 15.4. The Hall–Kier alpha value is -0.100. The molecule has 3 nitrogen and oxygen atoms in total. The minimum absolute atomic E-state index is 0.317. The average molecular weight is 380 g/mol. The second-order valence-electron chi connectivity index (χ2n) is 5.47. The minimum atomic E-state index is -1.19. The molecule has 0 aliphatic carbocycles. The smallest absolute Gasteiger partial charge is 0.144 e. The summed E-state index contributed by atoms with van der Waals surface area (Å²) in [6.45, 7) is 7.83. The molecule has 20 heavy (non-hydrogen) atoms. The Kier molecular flexibility index (Phi) is 6.98. The highest BCUT2D eigenvalue weighted by atomic mass is 79.9. The molecule has 0 aromatic carbocycles. The van der Waals surface area contributed by atoms with Crippen LogP contribution in [0.15, 0.2) is 21.1 Å². The summed E-state index contributed by atoms with van der Waals surface area (Å²) < 4.78 is 17.0. The van der Waals surface area contributed by atoms with E-state index in [-0.39, 0.29) is 4.75 Å². The molecular weight excluding hydrogens is 360 g/mol. The Morgan fingerprint density at radius 3 is 2.65 bits per heavy atom. The molecule has 1 atom stereocenters. The van der Waals surface area contributed by atoms with E-state index in [4.69, 9.17) is 11.6 Å². The average Bonchev–Trinajstić information content (AvgIpc) is 2.34. The van der Waals surface area contributed by atoms with Gasteiger partial charge in [-0.25, -0.2) is 4.98 Å². The van der Waals surface area contributed by atoms with Crippen LogP contribution in [0.2, 0.25) is 5.15 Å². The van der Waals surface area contributed by atoms with Gasteiger partial charge in [0, 0.05) is 10.7 Å². The lowest BCUT2D eigenvalue weighted by molar-refractivity contribution is 0.561. The van der Waals surface area contributed by atoms with E-state index < -0.39 is 11.4 Å². The van der Waals surface area contributed by atoms with Crippen LogP contribution in [-0.4, -0.2) is 20.0 Å². The number of nitrogens with zero attached hydrogens (tertiary/aromatic N) is 2. The van der Waals surface area contributed by atoms with Crippen molar-refractivity contribution in [3.05, 3.63) is 27.5 Å². The summed E-state index contributed by atoms with van der Waals surface area (Å²) in [7, 11) is 0. The lowest BCUT2D eigenvalue weighted by Crippen LogP contribution is -2.27. The van der Waals surface area contributed by atoms with Gasteiger partial charge in [0.15, 0.2) is 0 Å². The van der Waals surface area contributed by atoms with Crippen molar-refractivity contribution in [2.24, 2.45) is 4.40 Å². The van der Waals surface area contributed by atoms with Gasteiger partial charge in [-0.3, -0.25) is 0 Å². The van der Waals surface area contributed by atoms with Crippen molar-refractivity contribution in [2.45, 2.75) is 51.7 Å². The molecule has 0 amide bonds. The van der Waals surface area contributed by atoms with Crippen LogP contribution >= 0.6 is 27.5 Å². The van der Waals surface area contributed by atoms with E-state index in [1.54, 1.807) is 12.3 Å². The van der Waals surface area contributed by atoms with Crippen molar-refractivity contribution < 1.29 is 4.55 Å². The highest BCUT2D eigenvalue weighted by Crippen LogP contribution is 2.22. The van der Waals surface area contributed by atoms with E-state index in [0.717, 1.165) is 35.0 Å². The number of halogens is 2. The van der Waals surface area contributed by atoms with Gasteiger partial charge in [-0.1, -0.05) is 38.9 Å². The predicted molar refractivity (Wildman–Crippen MR) is 90.9 cm³/mol. The fourth-order valence-corrected chi connectivity index (χ4v) is 2.98. The maximum absolute atomic E-state index is 12.0. The molecule has 1 aromatic heterocycles. The van der Waals surface area contributed by atoms with Gasteiger partial charge in [0.1, 0.15) is 21.3 Å². The third-order valence-electron chi connectivity index (χ3n) is 2.72. The van der Waals surface area contributed by atoms with Gasteiger partial charge in [0.05, 0.1) is 5.71 Å². The zero-order valence-electron chi connectivity index (χ0n) is 12.2. The van der Waals surface area contributed by atoms with Crippen molar-refractivity contribution in [3.8, 4) is 0 Å². The summed E-state index contributed by atoms with van der Waals surface area (Å²) in [4.78, 5) is 4.08. The number of aryl methyl sites for hydroxylation is 1. The van der Waals surface area contributed by atoms with Crippen molar-refractivity contribution in [1.29, 1.82) is 0 Å². The Bertz CT molecular complexity index is 489. The first-order valence-electron chi connectivity index (χ1n) is 6.52. The van der Waals surface area contributed by atoms with Crippen LogP contribution in [0.5, 0.6) is 0 Å². The van der Waals surface area contributed by atoms with Crippen LogP contribution in [-0.2, 0) is 17.8 Å². The molecule has 0 fully saturated rings. The highest BCUT2D eigenvalue weighted by molar-refractivity contribution is 9.10. The largest absolute Gasteiger partial charge is 0.591 e. The fourth-order valence-electron chi connectivity index (χ4n) is 1.44. The number of hydrogen-bond acceptors (Lipinski definition) is 3. The third-order valence-corrected chi connectivity index (χ3v) is 5.14. The van der Waals surface area contributed by atoms with Crippen LogP contribution in [0.4, 0.5) is 0 Å². The monoisotopic (exact) mass is 378 g/mol. The molecule has 0 saturated heterocycles. The van der Waals surface area contributed by atoms with E-state index in [1.165, 1.54) is 0 Å². The second-order valence-corrected chi connectivity index (χ2v) is 8.62. The predicted octanol–water partition coefficient (Wildman–Crippen LogP) is 4.74. The molecule has 0 aliphatic heterocycles. The lowest BCUT2D eigenvalue weighted by atomic mass is 10.1. The van der Waals surface area contributed by atoms with Crippen LogP contribution in [0, 0.1) is 0 Å². The molecule has 0 N–H and O–H groups in total. The maximum Gasteiger partial charge on any atom is 0.144 e. The molecule has 0 radical (unpaired) electrons. The van der Waals surface area contributed by atoms with Crippen molar-refractivity contribution in [3.63, 3.8) is 0 Å². The summed E-state index contributed by atoms with van der Waals surface area (Å²) in [5, 5.41) is 0.471. The third kappa shape index (κ3) is 5.72. The van der Waals surface area contributed by atoms with Crippen LogP contribution in [0.1, 0.15) is 46.1 Å². The molecule has 1 heterocycles. The van der Waals surface area contributed by atoms with Gasteiger partial charge in [-0.15, -0.1) is 0 Å². The standard InChI is InChI=1S/C14H20BrClN2OS/c1-5-11(18-20(19)14(2,3)4)7-6-10-9-17-13(16)8-12(10)15/h8-9H,5-7H2,1-4H3. The molecule has 0 aliphatic rings. The summed E-state index contributed by atoms with van der Waals surface area (Å²) in [5.41, 5.74) is 2.05. The molecule has 1 aromatic rings. The molecule has 0 spiro atoms. The maximum atomic E-state index is 12.0. The normalized spacial score (nSPS) is 14.4. The topological polar surface area (TPSA) is 48.3 Å². The number of rotatable bonds is 5. The summed E-state index contributed by atoms with van der Waals surface area (Å²) >= 11 is 8.10. The Morgan fingerprint density at radius 2 is 2.15 bits per heavy atom. The van der Waals surface area contributed by atoms with Gasteiger partial charge >= 0.3 is 0 Å². The highest BCUT2D eigenvalue weighted by Gasteiger charge is 2.26. The van der Waals surface area contributed by atoms with Crippen LogP contribution in [0.3, 0.4) is 0 Å². The van der Waals surface area contributed by atoms with Crippen molar-refractivity contribution in [1.82, 2.24) is 4.98 Å². The van der Waals surface area contributed by atoms with Gasteiger partial charge in [0.2, 0.25) is 0 Å². The van der Waals surface area contributed by atoms with E-state index in [0.29, 0.717) is 5.15 Å². The Balaban J connectivity index is 2.73. The Labute approximate surface area is 137 Å². The van der Waals surface area contributed by atoms with Crippen LogP contribution < -0.4 is 0 Å². The van der Waals surface area contributed by atoms with E-state index in [9.17, 15) is 4.55 Å². The first kappa shape index (κ1) is 18.0. The second kappa shape index (κ2) is 7.78. The number of pyridine rings is 1. The first-order chi connectivity index (χ1) is 9.24. The molecule has 1 rings (SSSR count). The molecule has 1 unspecified atom stereocenters. The molecule has 6 heteroatoms. The van der Waals surface area contributed by atoms with Gasteiger partial charge in [0.25, 0.3) is 0 Å². The summed E-state index contributed by atoms with van der Waals surface area (Å²) in [6.07, 6.45) is 4.15. The summed E-state index contributed by atoms with van der Waals surface area (Å²) in [5.74, 6) is 0.